The molecule has 1 unspecified atom stereocenters. The number of nitrogens with zero attached hydrogens (tertiary/aromatic N) is 1. The van der Waals surface area contributed by atoms with Crippen LogP contribution in [0.1, 0.15) is 18.3 Å². The van der Waals surface area contributed by atoms with Crippen LogP contribution in [-0.2, 0) is 11.2 Å². The van der Waals surface area contributed by atoms with Crippen LogP contribution in [0.15, 0.2) is 35.2 Å². The first-order valence-corrected chi connectivity index (χ1v) is 8.12. The van der Waals surface area contributed by atoms with E-state index in [9.17, 15) is 4.79 Å². The number of hydrogen-bond donors (Lipinski definition) is 2. The van der Waals surface area contributed by atoms with Crippen molar-refractivity contribution in [1.82, 2.24) is 15.5 Å². The zero-order chi connectivity index (χ0) is 15.9. The highest BCUT2D eigenvalue weighted by Gasteiger charge is 2.10. The molecule has 2 N–H and O–H groups in total. The summed E-state index contributed by atoms with van der Waals surface area (Å²) in [7, 11) is 1.63. The van der Waals surface area contributed by atoms with Crippen molar-refractivity contribution in [3.63, 3.8) is 0 Å². The summed E-state index contributed by atoms with van der Waals surface area (Å²) in [5.41, 5.74) is 1.99. The Morgan fingerprint density at radius 1 is 1.45 bits per heavy atom. The lowest BCUT2D eigenvalue weighted by atomic mass is 10.2. The molecule has 0 aliphatic heterocycles. The van der Waals surface area contributed by atoms with E-state index in [0.29, 0.717) is 5.75 Å². The molecule has 1 amide bonds. The third-order valence-electron chi connectivity index (χ3n) is 3.09. The van der Waals surface area contributed by atoms with E-state index >= 15 is 0 Å². The Labute approximate surface area is 134 Å². The van der Waals surface area contributed by atoms with Gasteiger partial charge in [0, 0.05) is 23.1 Å². The monoisotopic (exact) mass is 319 g/mol. The quantitative estimate of drug-likeness (QED) is 0.770. The fourth-order valence-electron chi connectivity index (χ4n) is 2.10. The largest absolute Gasteiger partial charge is 0.497 e. The summed E-state index contributed by atoms with van der Waals surface area (Å²) in [6.45, 7) is 3.95. The maximum absolute atomic E-state index is 12.0. The molecule has 1 aromatic carbocycles. The number of benzene rings is 1. The molecule has 0 bridgehead atoms. The van der Waals surface area contributed by atoms with Crippen molar-refractivity contribution in [3.8, 4) is 5.75 Å². The lowest BCUT2D eigenvalue weighted by Crippen LogP contribution is -2.35. The number of ether oxygens (including phenoxy) is 1. The Bertz CT molecular complexity index is 627. The number of aryl methyl sites for hydroxylation is 1. The molecule has 2 rings (SSSR count). The van der Waals surface area contributed by atoms with Crippen LogP contribution in [0, 0.1) is 6.92 Å². The van der Waals surface area contributed by atoms with Crippen molar-refractivity contribution in [2.45, 2.75) is 31.2 Å². The highest BCUT2D eigenvalue weighted by Crippen LogP contribution is 2.22. The average molecular weight is 319 g/mol. The minimum absolute atomic E-state index is 0.0209. The molecule has 5 nitrogen and oxygen atoms in total. The molecule has 118 valence electrons. The topological polar surface area (TPSA) is 67.0 Å². The second kappa shape index (κ2) is 7.89. The summed E-state index contributed by atoms with van der Waals surface area (Å²) >= 11 is 1.50. The lowest BCUT2D eigenvalue weighted by molar-refractivity contribution is -0.119. The van der Waals surface area contributed by atoms with E-state index in [1.54, 1.807) is 7.11 Å². The van der Waals surface area contributed by atoms with Crippen molar-refractivity contribution in [3.05, 3.63) is 41.7 Å². The number of thioether (sulfide) groups is 1. The lowest BCUT2D eigenvalue weighted by Gasteiger charge is -2.12. The summed E-state index contributed by atoms with van der Waals surface area (Å²) in [5, 5.41) is 10.1. The number of aromatic nitrogens is 2. The van der Waals surface area contributed by atoms with Gasteiger partial charge in [-0.15, -0.1) is 11.8 Å². The van der Waals surface area contributed by atoms with Gasteiger partial charge < -0.3 is 10.1 Å². The van der Waals surface area contributed by atoms with E-state index in [-0.39, 0.29) is 11.9 Å². The van der Waals surface area contributed by atoms with Crippen molar-refractivity contribution in [2.24, 2.45) is 0 Å². The Kier molecular flexibility index (Phi) is 5.89. The van der Waals surface area contributed by atoms with Gasteiger partial charge in [-0.2, -0.15) is 5.10 Å². The van der Waals surface area contributed by atoms with Crippen LogP contribution < -0.4 is 10.1 Å². The first kappa shape index (κ1) is 16.4. The van der Waals surface area contributed by atoms with E-state index in [1.807, 2.05) is 44.2 Å². The molecule has 0 aliphatic rings. The summed E-state index contributed by atoms with van der Waals surface area (Å²) in [6, 6.07) is 9.75. The fraction of sp³-hybridized carbons (Fsp3) is 0.375. The maximum atomic E-state index is 12.0. The van der Waals surface area contributed by atoms with Gasteiger partial charge in [-0.1, -0.05) is 6.07 Å². The summed E-state index contributed by atoms with van der Waals surface area (Å²) in [4.78, 5) is 13.0. The van der Waals surface area contributed by atoms with Crippen LogP contribution in [-0.4, -0.2) is 35.0 Å². The second-order valence-electron chi connectivity index (χ2n) is 5.18. The molecule has 1 heterocycles. The second-order valence-corrected chi connectivity index (χ2v) is 6.23. The Balaban J connectivity index is 1.77. The van der Waals surface area contributed by atoms with Crippen LogP contribution in [0.5, 0.6) is 5.75 Å². The van der Waals surface area contributed by atoms with Gasteiger partial charge in [-0.3, -0.25) is 9.89 Å². The molecule has 0 spiro atoms. The van der Waals surface area contributed by atoms with Crippen LogP contribution >= 0.6 is 11.8 Å². The normalized spacial score (nSPS) is 12.0. The number of rotatable bonds is 7. The molecular weight excluding hydrogens is 298 g/mol. The maximum Gasteiger partial charge on any atom is 0.230 e. The zero-order valence-corrected chi connectivity index (χ0v) is 13.9. The summed E-state index contributed by atoms with van der Waals surface area (Å²) < 4.78 is 5.17. The van der Waals surface area contributed by atoms with Crippen LogP contribution in [0.25, 0.3) is 0 Å². The minimum atomic E-state index is 0.0209. The predicted molar refractivity (Wildman–Crippen MR) is 88.4 cm³/mol. The van der Waals surface area contributed by atoms with E-state index in [2.05, 4.69) is 15.5 Å². The number of methoxy groups -OCH3 is 1. The van der Waals surface area contributed by atoms with Gasteiger partial charge in [-0.05, 0) is 38.1 Å². The number of carbonyl (C=O) groups is 1. The standard InChI is InChI=1S/C16H21N3O2S/c1-11(7-13-8-12(2)18-19-13)17-16(20)10-22-15-6-4-5-14(9-15)21-3/h4-6,8-9,11H,7,10H2,1-3H3,(H,17,20)(H,18,19). The fourth-order valence-corrected chi connectivity index (χ4v) is 2.86. The molecule has 6 heteroatoms. The van der Waals surface area contributed by atoms with Gasteiger partial charge in [0.15, 0.2) is 0 Å². The molecule has 0 fully saturated rings. The van der Waals surface area contributed by atoms with Gasteiger partial charge in [0.05, 0.1) is 18.6 Å². The Hall–Kier alpha value is -1.95. The Morgan fingerprint density at radius 3 is 2.95 bits per heavy atom. The number of hydrogen-bond acceptors (Lipinski definition) is 4. The van der Waals surface area contributed by atoms with E-state index < -0.39 is 0 Å². The summed E-state index contributed by atoms with van der Waals surface area (Å²) in [6.07, 6.45) is 0.722. The third kappa shape index (κ3) is 5.11. The van der Waals surface area contributed by atoms with E-state index in [0.717, 1.165) is 28.5 Å². The first-order chi connectivity index (χ1) is 10.6. The van der Waals surface area contributed by atoms with Crippen LogP contribution in [0.4, 0.5) is 0 Å². The van der Waals surface area contributed by atoms with Crippen molar-refractivity contribution >= 4 is 17.7 Å². The molecule has 0 radical (unpaired) electrons. The van der Waals surface area contributed by atoms with Gasteiger partial charge in [-0.25, -0.2) is 0 Å². The molecule has 0 saturated carbocycles. The zero-order valence-electron chi connectivity index (χ0n) is 13.1. The molecule has 2 aromatic rings. The van der Waals surface area contributed by atoms with Crippen LogP contribution in [0.3, 0.4) is 0 Å². The smallest absolute Gasteiger partial charge is 0.230 e. The number of H-pyrrole nitrogens is 1. The third-order valence-corrected chi connectivity index (χ3v) is 4.09. The number of nitrogens with one attached hydrogen (secondary N) is 2. The van der Waals surface area contributed by atoms with Gasteiger partial charge in [0.1, 0.15) is 5.75 Å². The van der Waals surface area contributed by atoms with E-state index in [4.69, 9.17) is 4.74 Å². The highest BCUT2D eigenvalue weighted by molar-refractivity contribution is 8.00. The molecule has 0 saturated heterocycles. The summed E-state index contributed by atoms with van der Waals surface area (Å²) in [5.74, 6) is 1.21. The molecule has 22 heavy (non-hydrogen) atoms. The van der Waals surface area contributed by atoms with Crippen molar-refractivity contribution in [1.29, 1.82) is 0 Å². The molecular formula is C16H21N3O2S. The van der Waals surface area contributed by atoms with E-state index in [1.165, 1.54) is 11.8 Å². The highest BCUT2D eigenvalue weighted by atomic mass is 32.2. The minimum Gasteiger partial charge on any atom is -0.497 e. The van der Waals surface area contributed by atoms with Gasteiger partial charge in [0.25, 0.3) is 0 Å². The van der Waals surface area contributed by atoms with Crippen molar-refractivity contribution in [2.75, 3.05) is 12.9 Å². The average Bonchev–Trinajstić information content (AvgIpc) is 2.90. The number of amides is 1. The molecule has 1 aromatic heterocycles. The Morgan fingerprint density at radius 2 is 2.27 bits per heavy atom. The molecule has 0 aliphatic carbocycles. The predicted octanol–water partition coefficient (Wildman–Crippen LogP) is 2.57. The van der Waals surface area contributed by atoms with Gasteiger partial charge in [0.2, 0.25) is 5.91 Å². The van der Waals surface area contributed by atoms with Gasteiger partial charge >= 0.3 is 0 Å². The SMILES string of the molecule is COc1cccc(SCC(=O)NC(C)Cc2cc(C)[nH]n2)c1. The molecule has 1 atom stereocenters. The number of aromatic amines is 1. The van der Waals surface area contributed by atoms with Crippen molar-refractivity contribution < 1.29 is 9.53 Å². The first-order valence-electron chi connectivity index (χ1n) is 7.14. The number of carbonyl (C=O) groups excluding carboxylic acids is 1. The van der Waals surface area contributed by atoms with Crippen LogP contribution in [0.2, 0.25) is 0 Å².